The van der Waals surface area contributed by atoms with Gasteiger partial charge in [0.05, 0.1) is 9.99 Å². The molecule has 0 aliphatic rings. The number of nitrogen functional groups attached to an aromatic ring is 1. The van der Waals surface area contributed by atoms with E-state index in [0.29, 0.717) is 5.88 Å². The van der Waals surface area contributed by atoms with Crippen molar-refractivity contribution in [3.8, 4) is 11.6 Å². The van der Waals surface area contributed by atoms with Gasteiger partial charge in [-0.1, -0.05) is 12.1 Å². The quantitative estimate of drug-likeness (QED) is 0.714. The molecule has 0 amide bonds. The zero-order valence-corrected chi connectivity index (χ0v) is 11.6. The van der Waals surface area contributed by atoms with Gasteiger partial charge in [-0.05, 0) is 52.3 Å². The van der Waals surface area contributed by atoms with E-state index in [2.05, 4.69) is 20.9 Å². The number of pyridine rings is 1. The summed E-state index contributed by atoms with van der Waals surface area (Å²) in [5, 5.41) is 1.000. The second kappa shape index (κ2) is 4.90. The second-order valence-corrected chi connectivity index (χ2v) is 4.99. The van der Waals surface area contributed by atoms with Crippen molar-refractivity contribution in [2.45, 2.75) is 0 Å². The molecule has 0 aliphatic heterocycles. The summed E-state index contributed by atoms with van der Waals surface area (Å²) >= 11 is 3.44. The predicted molar refractivity (Wildman–Crippen MR) is 80.4 cm³/mol. The molecule has 0 saturated carbocycles. The predicted octanol–water partition coefficient (Wildman–Crippen LogP) is 4.37. The van der Waals surface area contributed by atoms with Crippen molar-refractivity contribution >= 4 is 32.5 Å². The van der Waals surface area contributed by atoms with E-state index in [9.17, 15) is 0 Å². The lowest BCUT2D eigenvalue weighted by atomic mass is 10.2. The summed E-state index contributed by atoms with van der Waals surface area (Å²) in [5.41, 5.74) is 7.33. The first-order valence-corrected chi connectivity index (χ1v) is 6.60. The minimum atomic E-state index is 0.559. The fourth-order valence-corrected chi connectivity index (χ4v) is 2.19. The number of nitrogens with two attached hydrogens (primary N) is 1. The fourth-order valence-electron chi connectivity index (χ4n) is 1.82. The van der Waals surface area contributed by atoms with Crippen LogP contribution in [0.25, 0.3) is 10.9 Å². The maximum atomic E-state index is 5.76. The molecule has 19 heavy (non-hydrogen) atoms. The van der Waals surface area contributed by atoms with Gasteiger partial charge in [0, 0.05) is 17.1 Å². The van der Waals surface area contributed by atoms with Crippen LogP contribution in [-0.4, -0.2) is 4.98 Å². The Labute approximate surface area is 119 Å². The number of rotatable bonds is 2. The van der Waals surface area contributed by atoms with E-state index >= 15 is 0 Å². The lowest BCUT2D eigenvalue weighted by Crippen LogP contribution is -1.90. The Morgan fingerprint density at radius 3 is 2.68 bits per heavy atom. The molecule has 4 heteroatoms. The van der Waals surface area contributed by atoms with E-state index in [1.165, 1.54) is 0 Å². The van der Waals surface area contributed by atoms with Crippen LogP contribution in [0.5, 0.6) is 11.6 Å². The molecule has 1 aromatic heterocycles. The number of halogens is 1. The number of aromatic nitrogens is 1. The lowest BCUT2D eigenvalue weighted by Gasteiger charge is -2.07. The van der Waals surface area contributed by atoms with Gasteiger partial charge in [0.25, 0.3) is 0 Å². The first kappa shape index (κ1) is 12.0. The Hall–Kier alpha value is -2.07. The monoisotopic (exact) mass is 314 g/mol. The average molecular weight is 315 g/mol. The van der Waals surface area contributed by atoms with E-state index in [1.807, 2.05) is 54.6 Å². The molecule has 0 spiro atoms. The second-order valence-electron chi connectivity index (χ2n) is 4.13. The van der Waals surface area contributed by atoms with Crippen LogP contribution in [0.3, 0.4) is 0 Å². The van der Waals surface area contributed by atoms with Gasteiger partial charge >= 0.3 is 0 Å². The smallest absolute Gasteiger partial charge is 0.219 e. The van der Waals surface area contributed by atoms with E-state index in [1.54, 1.807) is 0 Å². The molecule has 0 aliphatic carbocycles. The van der Waals surface area contributed by atoms with Gasteiger partial charge in [0.1, 0.15) is 5.75 Å². The van der Waals surface area contributed by atoms with Crippen LogP contribution in [0.4, 0.5) is 5.69 Å². The number of para-hydroxylation sites is 1. The average Bonchev–Trinajstić information content (AvgIpc) is 2.41. The van der Waals surface area contributed by atoms with Crippen molar-refractivity contribution in [1.29, 1.82) is 0 Å². The summed E-state index contributed by atoms with van der Waals surface area (Å²) in [6.45, 7) is 0. The Bertz CT molecular complexity index is 743. The molecule has 0 atom stereocenters. The third-order valence-corrected chi connectivity index (χ3v) is 3.39. The van der Waals surface area contributed by atoms with Crippen molar-refractivity contribution in [1.82, 2.24) is 4.98 Å². The minimum Gasteiger partial charge on any atom is -0.438 e. The molecule has 94 valence electrons. The van der Waals surface area contributed by atoms with E-state index < -0.39 is 0 Å². The Balaban J connectivity index is 1.98. The van der Waals surface area contributed by atoms with Gasteiger partial charge < -0.3 is 10.5 Å². The van der Waals surface area contributed by atoms with Crippen LogP contribution >= 0.6 is 15.9 Å². The SMILES string of the molecule is Nc1ccc2nc(Oc3ccccc3Br)ccc2c1. The highest BCUT2D eigenvalue weighted by Gasteiger charge is 2.04. The summed E-state index contributed by atoms with van der Waals surface area (Å²) in [5.74, 6) is 1.30. The number of fused-ring (bicyclic) bond motifs is 1. The summed E-state index contributed by atoms with van der Waals surface area (Å²) in [7, 11) is 0. The van der Waals surface area contributed by atoms with Crippen molar-refractivity contribution in [3.63, 3.8) is 0 Å². The molecule has 3 nitrogen and oxygen atoms in total. The molecular formula is C15H11BrN2O. The van der Waals surface area contributed by atoms with Gasteiger partial charge in [-0.15, -0.1) is 0 Å². The van der Waals surface area contributed by atoms with E-state index in [0.717, 1.165) is 26.8 Å². The summed E-state index contributed by atoms with van der Waals surface area (Å²) in [6, 6.07) is 17.1. The van der Waals surface area contributed by atoms with Gasteiger partial charge in [0.2, 0.25) is 5.88 Å². The third kappa shape index (κ3) is 2.53. The number of hydrogen-bond donors (Lipinski definition) is 1. The maximum absolute atomic E-state index is 5.76. The summed E-state index contributed by atoms with van der Waals surface area (Å²) in [6.07, 6.45) is 0. The molecule has 1 heterocycles. The van der Waals surface area contributed by atoms with Crippen LogP contribution in [-0.2, 0) is 0 Å². The molecule has 0 saturated heterocycles. The number of nitrogens with zero attached hydrogens (tertiary/aromatic N) is 1. The maximum Gasteiger partial charge on any atom is 0.219 e. The highest BCUT2D eigenvalue weighted by molar-refractivity contribution is 9.10. The van der Waals surface area contributed by atoms with Crippen LogP contribution < -0.4 is 10.5 Å². The van der Waals surface area contributed by atoms with Crippen LogP contribution in [0.15, 0.2) is 59.1 Å². The molecule has 2 N–H and O–H groups in total. The normalized spacial score (nSPS) is 10.6. The third-order valence-electron chi connectivity index (χ3n) is 2.74. The molecule has 2 aromatic carbocycles. The van der Waals surface area contributed by atoms with Crippen molar-refractivity contribution in [3.05, 3.63) is 59.1 Å². The number of hydrogen-bond acceptors (Lipinski definition) is 3. The first-order chi connectivity index (χ1) is 9.22. The van der Waals surface area contributed by atoms with Crippen molar-refractivity contribution < 1.29 is 4.74 Å². The Morgan fingerprint density at radius 1 is 1.00 bits per heavy atom. The van der Waals surface area contributed by atoms with Crippen LogP contribution in [0.2, 0.25) is 0 Å². The number of benzene rings is 2. The van der Waals surface area contributed by atoms with Gasteiger partial charge in [-0.2, -0.15) is 0 Å². The van der Waals surface area contributed by atoms with Crippen LogP contribution in [0, 0.1) is 0 Å². The lowest BCUT2D eigenvalue weighted by molar-refractivity contribution is 0.462. The molecule has 3 aromatic rings. The topological polar surface area (TPSA) is 48.1 Å². The summed E-state index contributed by atoms with van der Waals surface area (Å²) in [4.78, 5) is 4.45. The molecule has 0 radical (unpaired) electrons. The zero-order valence-electron chi connectivity index (χ0n) is 10.0. The van der Waals surface area contributed by atoms with Crippen molar-refractivity contribution in [2.24, 2.45) is 0 Å². The van der Waals surface area contributed by atoms with Gasteiger partial charge in [-0.25, -0.2) is 4.98 Å². The van der Waals surface area contributed by atoms with Gasteiger partial charge in [-0.3, -0.25) is 0 Å². The highest BCUT2D eigenvalue weighted by Crippen LogP contribution is 2.29. The van der Waals surface area contributed by atoms with E-state index in [-0.39, 0.29) is 0 Å². The van der Waals surface area contributed by atoms with E-state index in [4.69, 9.17) is 10.5 Å². The molecule has 0 fully saturated rings. The Kier molecular flexibility index (Phi) is 3.09. The van der Waals surface area contributed by atoms with Crippen LogP contribution in [0.1, 0.15) is 0 Å². The number of ether oxygens (including phenoxy) is 1. The molecular weight excluding hydrogens is 304 g/mol. The van der Waals surface area contributed by atoms with Crippen molar-refractivity contribution in [2.75, 3.05) is 5.73 Å². The molecule has 3 rings (SSSR count). The minimum absolute atomic E-state index is 0.559. The molecule has 0 bridgehead atoms. The Morgan fingerprint density at radius 2 is 1.84 bits per heavy atom. The fraction of sp³-hybridized carbons (Fsp3) is 0. The first-order valence-electron chi connectivity index (χ1n) is 5.81. The largest absolute Gasteiger partial charge is 0.438 e. The zero-order chi connectivity index (χ0) is 13.2. The number of anilines is 1. The standard InChI is InChI=1S/C15H11BrN2O/c16-12-3-1-2-4-14(12)19-15-8-5-10-9-11(17)6-7-13(10)18-15/h1-9H,17H2. The highest BCUT2D eigenvalue weighted by atomic mass is 79.9. The molecule has 0 unspecified atom stereocenters. The summed E-state index contributed by atoms with van der Waals surface area (Å²) < 4.78 is 6.66. The van der Waals surface area contributed by atoms with Gasteiger partial charge in [0.15, 0.2) is 0 Å².